The van der Waals surface area contributed by atoms with Crippen LogP contribution in [0.1, 0.15) is 26.3 Å². The van der Waals surface area contributed by atoms with Crippen LogP contribution in [0.25, 0.3) is 0 Å². The minimum Gasteiger partial charge on any atom is -0.337 e. The Hall–Kier alpha value is -1.43. The topological polar surface area (TPSA) is 58.2 Å². The minimum absolute atomic E-state index is 0.126. The Kier molecular flexibility index (Phi) is 6.13. The highest BCUT2D eigenvalue weighted by Gasteiger charge is 2.18. The number of urea groups is 1. The molecule has 1 rings (SSSR count). The molecule has 4 nitrogen and oxygen atoms in total. The molecule has 1 atom stereocenters. The SMILES string of the molecule is CC(C)(C)S(=O)CCNC(=O)NCc1ccccc1F. The summed E-state index contributed by atoms with van der Waals surface area (Å²) in [6.45, 7) is 6.12. The minimum atomic E-state index is -1.000. The number of benzene rings is 1. The third-order valence-electron chi connectivity index (χ3n) is 2.65. The van der Waals surface area contributed by atoms with Gasteiger partial charge in [-0.3, -0.25) is 4.21 Å². The van der Waals surface area contributed by atoms with E-state index in [1.807, 2.05) is 20.8 Å². The fraction of sp³-hybridized carbons (Fsp3) is 0.500. The lowest BCUT2D eigenvalue weighted by Crippen LogP contribution is -2.38. The first-order valence-electron chi connectivity index (χ1n) is 6.44. The maximum absolute atomic E-state index is 13.3. The Morgan fingerprint density at radius 3 is 2.50 bits per heavy atom. The largest absolute Gasteiger partial charge is 0.337 e. The summed E-state index contributed by atoms with van der Waals surface area (Å²) in [4.78, 5) is 11.5. The molecular weight excluding hydrogens is 279 g/mol. The highest BCUT2D eigenvalue weighted by molar-refractivity contribution is 7.86. The van der Waals surface area contributed by atoms with Crippen molar-refractivity contribution >= 4 is 16.8 Å². The standard InChI is InChI=1S/C14H21FN2O2S/c1-14(2,3)20(19)9-8-16-13(18)17-10-11-6-4-5-7-12(11)15/h4-7H,8-10H2,1-3H3,(H2,16,17,18). The molecule has 2 N–H and O–H groups in total. The number of hydrogen-bond donors (Lipinski definition) is 2. The van der Waals surface area contributed by atoms with Gasteiger partial charge in [0, 0.05) is 40.0 Å². The van der Waals surface area contributed by atoms with Crippen LogP contribution in [0.4, 0.5) is 9.18 Å². The van der Waals surface area contributed by atoms with Gasteiger partial charge in [0.25, 0.3) is 0 Å². The van der Waals surface area contributed by atoms with Crippen molar-refractivity contribution in [3.63, 3.8) is 0 Å². The van der Waals surface area contributed by atoms with Crippen molar-refractivity contribution in [3.8, 4) is 0 Å². The normalized spacial score (nSPS) is 12.8. The molecule has 0 aliphatic heterocycles. The fourth-order valence-corrected chi connectivity index (χ4v) is 2.34. The molecule has 0 aromatic heterocycles. The van der Waals surface area contributed by atoms with E-state index in [-0.39, 0.29) is 23.1 Å². The zero-order valence-electron chi connectivity index (χ0n) is 12.0. The maximum atomic E-state index is 13.3. The highest BCUT2D eigenvalue weighted by Crippen LogP contribution is 2.10. The first-order valence-corrected chi connectivity index (χ1v) is 7.76. The van der Waals surface area contributed by atoms with Crippen molar-refractivity contribution in [3.05, 3.63) is 35.6 Å². The van der Waals surface area contributed by atoms with Crippen LogP contribution in [0.5, 0.6) is 0 Å². The number of nitrogens with one attached hydrogen (secondary N) is 2. The van der Waals surface area contributed by atoms with Crippen molar-refractivity contribution in [2.45, 2.75) is 32.1 Å². The molecule has 112 valence electrons. The molecule has 1 aromatic rings. The molecule has 6 heteroatoms. The van der Waals surface area contributed by atoms with Gasteiger partial charge in [0.05, 0.1) is 0 Å². The monoisotopic (exact) mass is 300 g/mol. The smallest absolute Gasteiger partial charge is 0.315 e. The van der Waals surface area contributed by atoms with Gasteiger partial charge in [0.2, 0.25) is 0 Å². The lowest BCUT2D eigenvalue weighted by atomic mass is 10.2. The van der Waals surface area contributed by atoms with Crippen LogP contribution < -0.4 is 10.6 Å². The van der Waals surface area contributed by atoms with E-state index in [1.54, 1.807) is 18.2 Å². The summed E-state index contributed by atoms with van der Waals surface area (Å²) in [5.41, 5.74) is 0.431. The molecule has 0 saturated carbocycles. The predicted octanol–water partition coefficient (Wildman–Crippen LogP) is 2.17. The number of carbonyl (C=O) groups is 1. The van der Waals surface area contributed by atoms with Crippen molar-refractivity contribution < 1.29 is 13.4 Å². The van der Waals surface area contributed by atoms with Gasteiger partial charge >= 0.3 is 6.03 Å². The van der Waals surface area contributed by atoms with Gasteiger partial charge < -0.3 is 10.6 Å². The number of amides is 2. The van der Waals surface area contributed by atoms with Crippen LogP contribution in [-0.2, 0) is 17.3 Å². The molecular formula is C14H21FN2O2S. The fourth-order valence-electron chi connectivity index (χ4n) is 1.44. The summed E-state index contributed by atoms with van der Waals surface area (Å²) in [5, 5.41) is 5.17. The first-order chi connectivity index (χ1) is 9.30. The van der Waals surface area contributed by atoms with E-state index in [9.17, 15) is 13.4 Å². The second kappa shape index (κ2) is 7.38. The van der Waals surface area contributed by atoms with Crippen molar-refractivity contribution in [2.75, 3.05) is 12.3 Å². The van der Waals surface area contributed by atoms with Crippen LogP contribution in [0.2, 0.25) is 0 Å². The van der Waals surface area contributed by atoms with Gasteiger partial charge in [-0.2, -0.15) is 0 Å². The number of hydrogen-bond acceptors (Lipinski definition) is 2. The van der Waals surface area contributed by atoms with E-state index in [2.05, 4.69) is 10.6 Å². The molecule has 0 bridgehead atoms. The quantitative estimate of drug-likeness (QED) is 0.875. The van der Waals surface area contributed by atoms with Crippen LogP contribution in [-0.4, -0.2) is 27.3 Å². The van der Waals surface area contributed by atoms with Gasteiger partial charge in [-0.05, 0) is 26.8 Å². The van der Waals surface area contributed by atoms with Gasteiger partial charge in [0.1, 0.15) is 5.82 Å². The second-order valence-corrected chi connectivity index (χ2v) is 7.69. The molecule has 0 fully saturated rings. The average Bonchev–Trinajstić information content (AvgIpc) is 2.36. The molecule has 20 heavy (non-hydrogen) atoms. The van der Waals surface area contributed by atoms with Gasteiger partial charge in [0.15, 0.2) is 0 Å². The highest BCUT2D eigenvalue weighted by atomic mass is 32.2. The van der Waals surface area contributed by atoms with Crippen LogP contribution >= 0.6 is 0 Å². The zero-order chi connectivity index (χ0) is 15.2. The summed E-state index contributed by atoms with van der Waals surface area (Å²) in [7, 11) is -1.000. The number of halogens is 1. The Bertz CT molecular complexity index is 486. The third kappa shape index (κ3) is 5.69. The molecule has 1 unspecified atom stereocenters. The summed E-state index contributed by atoms with van der Waals surface area (Å²) in [6.07, 6.45) is 0. The molecule has 0 spiro atoms. The summed E-state index contributed by atoms with van der Waals surface area (Å²) in [5.74, 6) is 0.0537. The molecule has 1 aromatic carbocycles. The molecule has 0 saturated heterocycles. The Balaban J connectivity index is 2.28. The van der Waals surface area contributed by atoms with Crippen molar-refractivity contribution in [1.29, 1.82) is 0 Å². The summed E-state index contributed by atoms with van der Waals surface area (Å²) < 4.78 is 24.8. The molecule has 0 aliphatic carbocycles. The summed E-state index contributed by atoms with van der Waals surface area (Å²) in [6, 6.07) is 5.89. The third-order valence-corrected chi connectivity index (χ3v) is 4.59. The Morgan fingerprint density at radius 2 is 1.90 bits per heavy atom. The average molecular weight is 300 g/mol. The van der Waals surface area contributed by atoms with E-state index in [1.165, 1.54) is 6.07 Å². The van der Waals surface area contributed by atoms with Crippen molar-refractivity contribution in [1.82, 2.24) is 10.6 Å². The van der Waals surface area contributed by atoms with Gasteiger partial charge in [-0.1, -0.05) is 18.2 Å². The zero-order valence-corrected chi connectivity index (χ0v) is 12.8. The van der Waals surface area contributed by atoms with Crippen LogP contribution in [0.3, 0.4) is 0 Å². The lowest BCUT2D eigenvalue weighted by molar-refractivity contribution is 0.241. The van der Waals surface area contributed by atoms with E-state index in [0.29, 0.717) is 17.9 Å². The maximum Gasteiger partial charge on any atom is 0.315 e. The number of rotatable bonds is 5. The lowest BCUT2D eigenvalue weighted by Gasteiger charge is -2.17. The van der Waals surface area contributed by atoms with E-state index in [4.69, 9.17) is 0 Å². The van der Waals surface area contributed by atoms with E-state index in [0.717, 1.165) is 0 Å². The van der Waals surface area contributed by atoms with E-state index >= 15 is 0 Å². The second-order valence-electron chi connectivity index (χ2n) is 5.36. The number of carbonyl (C=O) groups excluding carboxylic acids is 1. The van der Waals surface area contributed by atoms with Gasteiger partial charge in [-0.25, -0.2) is 9.18 Å². The van der Waals surface area contributed by atoms with Crippen molar-refractivity contribution in [2.24, 2.45) is 0 Å². The Morgan fingerprint density at radius 1 is 1.25 bits per heavy atom. The molecule has 2 amide bonds. The van der Waals surface area contributed by atoms with Crippen LogP contribution in [0, 0.1) is 5.82 Å². The Labute approximate surface area is 121 Å². The van der Waals surface area contributed by atoms with Gasteiger partial charge in [-0.15, -0.1) is 0 Å². The summed E-state index contributed by atoms with van der Waals surface area (Å²) >= 11 is 0. The molecule has 0 heterocycles. The van der Waals surface area contributed by atoms with E-state index < -0.39 is 10.8 Å². The van der Waals surface area contributed by atoms with Crippen LogP contribution in [0.15, 0.2) is 24.3 Å². The molecule has 0 radical (unpaired) electrons. The first kappa shape index (κ1) is 16.6. The predicted molar refractivity (Wildman–Crippen MR) is 79.4 cm³/mol. The molecule has 0 aliphatic rings.